The van der Waals surface area contributed by atoms with Crippen LogP contribution in [-0.4, -0.2) is 21.1 Å². The Bertz CT molecular complexity index is 1420. The second-order valence-corrected chi connectivity index (χ2v) is 12.4. The molecule has 1 aliphatic rings. The number of Topliss-reactive ketones (excluding diaryl/α,β-unsaturated/α-hetero) is 1. The predicted octanol–water partition coefficient (Wildman–Crippen LogP) is 6.63. The summed E-state index contributed by atoms with van der Waals surface area (Å²) in [6.07, 6.45) is 2.81. The van der Waals surface area contributed by atoms with E-state index in [9.17, 15) is 9.59 Å². The van der Waals surface area contributed by atoms with Crippen molar-refractivity contribution < 1.29 is 4.79 Å². The molecule has 180 valence electrons. The van der Waals surface area contributed by atoms with Gasteiger partial charge in [-0.05, 0) is 36.2 Å². The van der Waals surface area contributed by atoms with Crippen molar-refractivity contribution in [3.8, 4) is 0 Å². The van der Waals surface area contributed by atoms with Gasteiger partial charge in [0.15, 0.2) is 10.9 Å². The van der Waals surface area contributed by atoms with Gasteiger partial charge >= 0.3 is 0 Å². The van der Waals surface area contributed by atoms with Gasteiger partial charge in [-0.25, -0.2) is 4.98 Å². The molecule has 1 aliphatic carbocycles. The van der Waals surface area contributed by atoms with Crippen LogP contribution in [0.15, 0.2) is 70.6 Å². The molecule has 0 radical (unpaired) electrons. The van der Waals surface area contributed by atoms with Gasteiger partial charge < -0.3 is 4.57 Å². The summed E-state index contributed by atoms with van der Waals surface area (Å²) in [6, 6.07) is 19.6. The number of aromatic nitrogens is 2. The van der Waals surface area contributed by atoms with Gasteiger partial charge in [-0.15, -0.1) is 11.3 Å². The number of fused-ring (bicyclic) bond motifs is 2. The quantitative estimate of drug-likeness (QED) is 0.219. The molecule has 6 heteroatoms. The third kappa shape index (κ3) is 5.00. The number of imidazole rings is 1. The molecule has 0 spiro atoms. The maximum atomic E-state index is 13.6. The molecule has 0 saturated carbocycles. The fourth-order valence-corrected chi connectivity index (χ4v) is 7.06. The maximum Gasteiger partial charge on any atom is 0.211 e. The van der Waals surface area contributed by atoms with E-state index in [4.69, 9.17) is 4.98 Å². The number of rotatable bonds is 6. The molecule has 0 bridgehead atoms. The molecule has 4 nitrogen and oxygen atoms in total. The highest BCUT2D eigenvalue weighted by atomic mass is 32.2. The minimum Gasteiger partial charge on any atom is -0.306 e. The molecule has 1 unspecified atom stereocenters. The van der Waals surface area contributed by atoms with E-state index in [1.807, 2.05) is 48.5 Å². The van der Waals surface area contributed by atoms with Gasteiger partial charge in [0.05, 0.1) is 12.3 Å². The summed E-state index contributed by atoms with van der Waals surface area (Å²) in [4.78, 5) is 33.3. The molecule has 1 atom stereocenters. The molecular formula is C29H30N2O2S2. The van der Waals surface area contributed by atoms with Crippen molar-refractivity contribution in [3.63, 3.8) is 0 Å². The van der Waals surface area contributed by atoms with Gasteiger partial charge in [0.1, 0.15) is 10.3 Å². The molecule has 5 rings (SSSR count). The van der Waals surface area contributed by atoms with E-state index < -0.39 is 0 Å². The number of nitrogens with zero attached hydrogens (tertiary/aromatic N) is 2. The smallest absolute Gasteiger partial charge is 0.211 e. The Morgan fingerprint density at radius 1 is 1.09 bits per heavy atom. The van der Waals surface area contributed by atoms with Crippen LogP contribution in [0.3, 0.4) is 0 Å². The second kappa shape index (κ2) is 9.75. The summed E-state index contributed by atoms with van der Waals surface area (Å²) in [7, 11) is 0. The number of thioether (sulfide) groups is 1. The Balaban J connectivity index is 1.55. The maximum absolute atomic E-state index is 13.6. The molecule has 0 amide bonds. The predicted molar refractivity (Wildman–Crippen MR) is 146 cm³/mol. The lowest BCUT2D eigenvalue weighted by atomic mass is 9.72. The fourth-order valence-electron chi connectivity index (χ4n) is 4.77. The number of benzene rings is 2. The van der Waals surface area contributed by atoms with Gasteiger partial charge in [-0.2, -0.15) is 0 Å². The van der Waals surface area contributed by atoms with Crippen molar-refractivity contribution in [2.24, 2.45) is 11.3 Å². The number of carbonyl (C=O) groups excluding carboxylic acids is 1. The van der Waals surface area contributed by atoms with E-state index in [2.05, 4.69) is 37.5 Å². The van der Waals surface area contributed by atoms with Gasteiger partial charge in [0, 0.05) is 16.0 Å². The standard InChI is InChI=1S/C29H30N2O2S2/c1-29(2,3)21-14-15-22-24(16-21)35-27-25(26(22)33)30-28(31(27)17-19-10-6-4-7-11-19)34-18-23(32)20-12-8-5-9-13-20/h4-13,21H,14-18H2,1-3H3. The third-order valence-corrected chi connectivity index (χ3v) is 9.19. The first-order chi connectivity index (χ1) is 16.8. The first-order valence-electron chi connectivity index (χ1n) is 12.1. The van der Waals surface area contributed by atoms with Crippen molar-refractivity contribution in [2.45, 2.75) is 51.7 Å². The van der Waals surface area contributed by atoms with E-state index in [1.54, 1.807) is 11.3 Å². The average molecular weight is 503 g/mol. The van der Waals surface area contributed by atoms with Gasteiger partial charge in [-0.1, -0.05) is 93.2 Å². The van der Waals surface area contributed by atoms with E-state index in [0.29, 0.717) is 23.5 Å². The van der Waals surface area contributed by atoms with Gasteiger partial charge in [-0.3, -0.25) is 9.59 Å². The topological polar surface area (TPSA) is 52.0 Å². The van der Waals surface area contributed by atoms with Crippen LogP contribution in [0.1, 0.15) is 53.6 Å². The van der Waals surface area contributed by atoms with Crippen molar-refractivity contribution in [2.75, 3.05) is 5.75 Å². The molecule has 4 aromatic rings. The van der Waals surface area contributed by atoms with Gasteiger partial charge in [0.25, 0.3) is 0 Å². The number of hydrogen-bond donors (Lipinski definition) is 0. The van der Waals surface area contributed by atoms with Crippen molar-refractivity contribution >= 4 is 39.2 Å². The van der Waals surface area contributed by atoms with Crippen molar-refractivity contribution in [1.29, 1.82) is 0 Å². The fraction of sp³-hybridized carbons (Fsp3) is 0.345. The minimum atomic E-state index is 0.0623. The SMILES string of the molecule is CC(C)(C)C1CCc2c(sc3c(nc(SCC(=O)c4ccccc4)n3Cc3ccccc3)c2=O)C1. The van der Waals surface area contributed by atoms with Crippen LogP contribution < -0.4 is 5.43 Å². The Hall–Kier alpha value is -2.70. The van der Waals surface area contributed by atoms with Gasteiger partial charge in [0.2, 0.25) is 5.43 Å². The van der Waals surface area contributed by atoms with E-state index in [1.165, 1.54) is 16.6 Å². The highest BCUT2D eigenvalue weighted by Gasteiger charge is 2.31. The van der Waals surface area contributed by atoms with Crippen LogP contribution in [-0.2, 0) is 19.4 Å². The molecule has 2 heterocycles. The zero-order valence-electron chi connectivity index (χ0n) is 20.4. The van der Waals surface area contributed by atoms with Crippen molar-refractivity contribution in [1.82, 2.24) is 9.55 Å². The van der Waals surface area contributed by atoms with Crippen LogP contribution in [0.5, 0.6) is 0 Å². The minimum absolute atomic E-state index is 0.0623. The average Bonchev–Trinajstić information content (AvgIpc) is 3.20. The van der Waals surface area contributed by atoms with Crippen LogP contribution in [0.4, 0.5) is 0 Å². The molecule has 0 aliphatic heterocycles. The third-order valence-electron chi connectivity index (χ3n) is 6.94. The zero-order valence-corrected chi connectivity index (χ0v) is 22.0. The molecule has 0 saturated heterocycles. The van der Waals surface area contributed by atoms with E-state index in [-0.39, 0.29) is 22.4 Å². The van der Waals surface area contributed by atoms with E-state index >= 15 is 0 Å². The Kier molecular flexibility index (Phi) is 6.69. The molecule has 0 N–H and O–H groups in total. The van der Waals surface area contributed by atoms with Crippen molar-refractivity contribution in [3.05, 3.63) is 92.5 Å². The second-order valence-electron chi connectivity index (χ2n) is 10.3. The highest BCUT2D eigenvalue weighted by Crippen LogP contribution is 2.39. The Morgan fingerprint density at radius 2 is 1.77 bits per heavy atom. The van der Waals surface area contributed by atoms with Crippen LogP contribution in [0, 0.1) is 11.3 Å². The summed E-state index contributed by atoms with van der Waals surface area (Å²) in [5.41, 5.74) is 3.63. The first-order valence-corrected chi connectivity index (χ1v) is 13.9. The summed E-state index contributed by atoms with van der Waals surface area (Å²) < 4.78 is 2.14. The molecule has 2 aromatic carbocycles. The number of ketones is 1. The molecule has 0 fully saturated rings. The lowest BCUT2D eigenvalue weighted by Gasteiger charge is -2.34. The highest BCUT2D eigenvalue weighted by molar-refractivity contribution is 7.99. The summed E-state index contributed by atoms with van der Waals surface area (Å²) in [5.74, 6) is 0.908. The van der Waals surface area contributed by atoms with E-state index in [0.717, 1.165) is 40.4 Å². The molecule has 35 heavy (non-hydrogen) atoms. The Morgan fingerprint density at radius 3 is 2.46 bits per heavy atom. The number of hydrogen-bond acceptors (Lipinski definition) is 5. The lowest BCUT2D eigenvalue weighted by Crippen LogP contribution is -2.29. The van der Waals surface area contributed by atoms with Crippen LogP contribution in [0.25, 0.3) is 10.3 Å². The normalized spacial score (nSPS) is 15.8. The first kappa shape index (κ1) is 24.0. The largest absolute Gasteiger partial charge is 0.306 e. The molecular weight excluding hydrogens is 472 g/mol. The zero-order chi connectivity index (χ0) is 24.6. The summed E-state index contributed by atoms with van der Waals surface area (Å²) >= 11 is 3.14. The van der Waals surface area contributed by atoms with Crippen LogP contribution in [0.2, 0.25) is 0 Å². The molecule has 2 aromatic heterocycles. The lowest BCUT2D eigenvalue weighted by molar-refractivity contribution is 0.102. The summed E-state index contributed by atoms with van der Waals surface area (Å²) in [6.45, 7) is 7.50. The Labute approximate surface area is 214 Å². The summed E-state index contributed by atoms with van der Waals surface area (Å²) in [5, 5.41) is 0.733. The number of carbonyl (C=O) groups is 1. The monoisotopic (exact) mass is 502 g/mol. The van der Waals surface area contributed by atoms with Crippen LogP contribution >= 0.6 is 23.1 Å².